The summed E-state index contributed by atoms with van der Waals surface area (Å²) in [4.78, 5) is 30.7. The number of nitriles is 1. The molecule has 152 valence electrons. The van der Waals surface area contributed by atoms with Gasteiger partial charge in [-0.05, 0) is 24.6 Å². The molecule has 2 aromatic rings. The number of rotatable bonds is 4. The average molecular weight is 424 g/mol. The zero-order valence-corrected chi connectivity index (χ0v) is 18.4. The van der Waals surface area contributed by atoms with Gasteiger partial charge >= 0.3 is 4.87 Å². The van der Waals surface area contributed by atoms with Crippen molar-refractivity contribution < 1.29 is 9.16 Å². The monoisotopic (exact) mass is 423 g/mol. The van der Waals surface area contributed by atoms with Crippen molar-refractivity contribution in [1.82, 2.24) is 14.5 Å². The van der Waals surface area contributed by atoms with Crippen molar-refractivity contribution in [2.45, 2.75) is 57.7 Å². The number of anilines is 1. The number of thiazole rings is 1. The lowest BCUT2D eigenvalue weighted by molar-refractivity contribution is -0.0248. The quantitative estimate of drug-likeness (QED) is 0.719. The SMILES string of the molecule is CC(C)(C)[Si](C)(C)OC[C@@H]1C[C@@H](C#N)[C@H](n2c(=O)sc3c(=O)[nH]c(N)nc32)O1. The third-order valence-electron chi connectivity index (χ3n) is 5.54. The highest BCUT2D eigenvalue weighted by atomic mass is 32.1. The Labute approximate surface area is 167 Å². The minimum absolute atomic E-state index is 0.0581. The Hall–Kier alpha value is -2.00. The van der Waals surface area contributed by atoms with Crippen molar-refractivity contribution in [1.29, 1.82) is 5.26 Å². The first-order valence-electron chi connectivity index (χ1n) is 9.04. The molecule has 0 aliphatic carbocycles. The van der Waals surface area contributed by atoms with E-state index in [0.717, 1.165) is 11.3 Å². The lowest BCUT2D eigenvalue weighted by Crippen LogP contribution is -2.42. The first-order chi connectivity index (χ1) is 12.9. The Kier molecular flexibility index (Phi) is 5.26. The number of fused-ring (bicyclic) bond motifs is 1. The first kappa shape index (κ1) is 20.7. The highest BCUT2D eigenvalue weighted by molar-refractivity contribution is 7.16. The van der Waals surface area contributed by atoms with E-state index in [9.17, 15) is 14.9 Å². The molecule has 3 atom stereocenters. The number of aromatic nitrogens is 3. The Morgan fingerprint density at radius 1 is 1.46 bits per heavy atom. The molecule has 0 saturated carbocycles. The number of ether oxygens (including phenoxy) is 1. The normalized spacial score (nSPS) is 23.2. The third kappa shape index (κ3) is 3.65. The van der Waals surface area contributed by atoms with Crippen LogP contribution in [0.25, 0.3) is 10.3 Å². The Bertz CT molecular complexity index is 1040. The van der Waals surface area contributed by atoms with Crippen LogP contribution >= 0.6 is 11.3 Å². The van der Waals surface area contributed by atoms with Gasteiger partial charge in [-0.1, -0.05) is 32.1 Å². The summed E-state index contributed by atoms with van der Waals surface area (Å²) in [5, 5.41) is 9.65. The van der Waals surface area contributed by atoms with Crippen LogP contribution < -0.4 is 16.2 Å². The van der Waals surface area contributed by atoms with Gasteiger partial charge in [-0.15, -0.1) is 0 Å². The lowest BCUT2D eigenvalue weighted by atomic mass is 10.1. The topological polar surface area (TPSA) is 136 Å². The first-order valence-corrected chi connectivity index (χ1v) is 12.8. The van der Waals surface area contributed by atoms with Gasteiger partial charge in [-0.25, -0.2) is 0 Å². The Morgan fingerprint density at radius 2 is 2.14 bits per heavy atom. The van der Waals surface area contributed by atoms with E-state index in [0.29, 0.717) is 13.0 Å². The summed E-state index contributed by atoms with van der Waals surface area (Å²) in [5.74, 6) is -0.640. The minimum atomic E-state index is -1.97. The van der Waals surface area contributed by atoms with Gasteiger partial charge in [0.15, 0.2) is 20.2 Å². The van der Waals surface area contributed by atoms with E-state index in [1.54, 1.807) is 0 Å². The number of H-pyrrole nitrogens is 1. The molecule has 0 unspecified atom stereocenters. The second kappa shape index (κ2) is 7.11. The molecule has 1 saturated heterocycles. The van der Waals surface area contributed by atoms with Crippen molar-refractivity contribution in [3.8, 4) is 6.07 Å². The van der Waals surface area contributed by atoms with Crippen LogP contribution in [-0.2, 0) is 9.16 Å². The van der Waals surface area contributed by atoms with E-state index in [2.05, 4.69) is 49.9 Å². The average Bonchev–Trinajstić information content (AvgIpc) is 3.12. The van der Waals surface area contributed by atoms with Gasteiger partial charge < -0.3 is 14.9 Å². The number of hydrogen-bond donors (Lipinski definition) is 2. The zero-order chi connectivity index (χ0) is 20.9. The van der Waals surface area contributed by atoms with Gasteiger partial charge in [0.05, 0.1) is 24.7 Å². The molecule has 3 heterocycles. The fraction of sp³-hybridized carbons (Fsp3) is 0.647. The number of nitrogens with zero attached hydrogens (tertiary/aromatic N) is 3. The Balaban J connectivity index is 1.89. The molecule has 0 aromatic carbocycles. The van der Waals surface area contributed by atoms with Crippen LogP contribution in [0.4, 0.5) is 5.95 Å². The van der Waals surface area contributed by atoms with Crippen LogP contribution in [0.5, 0.6) is 0 Å². The summed E-state index contributed by atoms with van der Waals surface area (Å²) < 4.78 is 13.7. The molecule has 3 N–H and O–H groups in total. The van der Waals surface area contributed by atoms with Gasteiger partial charge in [0.1, 0.15) is 4.70 Å². The van der Waals surface area contributed by atoms with Gasteiger partial charge in [0.2, 0.25) is 5.95 Å². The fourth-order valence-corrected chi connectivity index (χ4v) is 4.78. The van der Waals surface area contributed by atoms with Crippen LogP contribution in [0.15, 0.2) is 9.59 Å². The van der Waals surface area contributed by atoms with Crippen molar-refractivity contribution in [3.05, 3.63) is 20.0 Å². The molecule has 0 amide bonds. The summed E-state index contributed by atoms with van der Waals surface area (Å²) in [5.41, 5.74) is 5.30. The van der Waals surface area contributed by atoms with Crippen LogP contribution in [0, 0.1) is 17.2 Å². The number of nitrogens with two attached hydrogens (primary N) is 1. The number of nitrogens with one attached hydrogen (secondary N) is 1. The maximum atomic E-state index is 12.5. The molecule has 0 spiro atoms. The second-order valence-corrected chi connectivity index (χ2v) is 14.3. The van der Waals surface area contributed by atoms with Crippen molar-refractivity contribution in [2.24, 2.45) is 5.92 Å². The Morgan fingerprint density at radius 3 is 2.75 bits per heavy atom. The molecule has 3 rings (SSSR count). The minimum Gasteiger partial charge on any atom is -0.414 e. The molecule has 11 heteroatoms. The predicted molar refractivity (Wildman–Crippen MR) is 110 cm³/mol. The van der Waals surface area contributed by atoms with Gasteiger partial charge in [0.25, 0.3) is 5.56 Å². The summed E-state index contributed by atoms with van der Waals surface area (Å²) in [6.45, 7) is 11.1. The molecule has 1 fully saturated rings. The smallest absolute Gasteiger partial charge is 0.311 e. The summed E-state index contributed by atoms with van der Waals surface area (Å²) in [7, 11) is -1.97. The van der Waals surface area contributed by atoms with Gasteiger partial charge in [0, 0.05) is 0 Å². The molecule has 0 bridgehead atoms. The van der Waals surface area contributed by atoms with E-state index in [1.165, 1.54) is 4.57 Å². The molecule has 1 aliphatic heterocycles. The number of nitrogen functional groups attached to an aromatic ring is 1. The van der Waals surface area contributed by atoms with Crippen molar-refractivity contribution in [2.75, 3.05) is 12.3 Å². The van der Waals surface area contributed by atoms with Crippen molar-refractivity contribution in [3.63, 3.8) is 0 Å². The number of hydrogen-bond acceptors (Lipinski definition) is 8. The standard InChI is InChI=1S/C17H25N5O4SSi/c1-17(2,3)28(4,5)25-8-10-6-9(7-18)14(26-10)22-12-11(27-16(22)24)13(23)21-15(19)20-12/h9-10,14H,6,8H2,1-5H3,(H3,19,20,21,23)/t9-,10-,14+/m0/s1. The molecular weight excluding hydrogens is 398 g/mol. The van der Waals surface area contributed by atoms with Crippen molar-refractivity contribution >= 4 is 35.9 Å². The highest BCUT2D eigenvalue weighted by Gasteiger charge is 2.42. The fourth-order valence-electron chi connectivity index (χ4n) is 2.90. The molecular formula is C17H25N5O4SSi. The van der Waals surface area contributed by atoms with Crippen LogP contribution in [0.1, 0.15) is 33.4 Å². The predicted octanol–water partition coefficient (Wildman–Crippen LogP) is 2.18. The molecule has 0 radical (unpaired) electrons. The van der Waals surface area contributed by atoms with Crippen LogP contribution in [-0.4, -0.2) is 35.6 Å². The molecule has 1 aliphatic rings. The van der Waals surface area contributed by atoms with E-state index in [4.69, 9.17) is 14.9 Å². The number of aromatic amines is 1. The maximum Gasteiger partial charge on any atom is 0.311 e. The van der Waals surface area contributed by atoms with E-state index in [-0.39, 0.29) is 27.4 Å². The van der Waals surface area contributed by atoms with Gasteiger partial charge in [-0.3, -0.25) is 19.1 Å². The zero-order valence-electron chi connectivity index (χ0n) is 16.6. The van der Waals surface area contributed by atoms with Crippen LogP contribution in [0.3, 0.4) is 0 Å². The summed E-state index contributed by atoms with van der Waals surface area (Å²) >= 11 is 0.767. The van der Waals surface area contributed by atoms with Crippen LogP contribution in [0.2, 0.25) is 18.1 Å². The largest absolute Gasteiger partial charge is 0.414 e. The lowest BCUT2D eigenvalue weighted by Gasteiger charge is -2.36. The third-order valence-corrected chi connectivity index (χ3v) is 11.0. The maximum absolute atomic E-state index is 12.5. The van der Waals surface area contributed by atoms with E-state index < -0.39 is 30.9 Å². The van der Waals surface area contributed by atoms with E-state index in [1.807, 2.05) is 0 Å². The van der Waals surface area contributed by atoms with E-state index >= 15 is 0 Å². The highest BCUT2D eigenvalue weighted by Crippen LogP contribution is 2.39. The summed E-state index contributed by atoms with van der Waals surface area (Å²) in [6.07, 6.45) is -0.698. The summed E-state index contributed by atoms with van der Waals surface area (Å²) in [6, 6.07) is 2.21. The van der Waals surface area contributed by atoms with Gasteiger partial charge in [-0.2, -0.15) is 10.2 Å². The molecule has 2 aromatic heterocycles. The molecule has 28 heavy (non-hydrogen) atoms. The molecule has 9 nitrogen and oxygen atoms in total. The second-order valence-electron chi connectivity index (χ2n) is 8.53.